The quantitative estimate of drug-likeness (QED) is 0.873. The lowest BCUT2D eigenvalue weighted by Crippen LogP contribution is -2.17. The number of benzene rings is 2. The molecule has 2 rings (SSSR count). The number of rotatable bonds is 5. The molecular weight excluding hydrogens is 307 g/mol. The molecule has 1 amide bonds. The van der Waals surface area contributed by atoms with Crippen LogP contribution < -0.4 is 10.6 Å². The normalized spacial score (nSPS) is 10.4. The highest BCUT2D eigenvalue weighted by atomic mass is 35.5. The van der Waals surface area contributed by atoms with Gasteiger partial charge in [0.15, 0.2) is 0 Å². The Morgan fingerprint density at radius 3 is 2.62 bits per heavy atom. The molecule has 0 unspecified atom stereocenters. The second-order valence-corrected chi connectivity index (χ2v) is 5.43. The fraction of sp³-hybridized carbons (Fsp3) is 0.188. The van der Waals surface area contributed by atoms with E-state index in [2.05, 4.69) is 10.6 Å². The van der Waals surface area contributed by atoms with Crippen LogP contribution >= 0.6 is 23.2 Å². The summed E-state index contributed by atoms with van der Waals surface area (Å²) in [5.41, 5.74) is 2.20. The van der Waals surface area contributed by atoms with Gasteiger partial charge in [0.1, 0.15) is 0 Å². The summed E-state index contributed by atoms with van der Waals surface area (Å²) in [7, 11) is 1.89. The Hall–Kier alpha value is -1.55. The molecule has 110 valence electrons. The van der Waals surface area contributed by atoms with E-state index in [1.807, 2.05) is 31.3 Å². The maximum Gasteiger partial charge on any atom is 0.255 e. The fourth-order valence-corrected chi connectivity index (χ4v) is 2.46. The van der Waals surface area contributed by atoms with Crippen molar-refractivity contribution in [3.63, 3.8) is 0 Å². The molecule has 0 spiro atoms. The molecule has 0 aliphatic heterocycles. The van der Waals surface area contributed by atoms with Crippen LogP contribution in [0, 0.1) is 0 Å². The van der Waals surface area contributed by atoms with Crippen molar-refractivity contribution in [3.8, 4) is 0 Å². The first-order valence-corrected chi connectivity index (χ1v) is 7.36. The molecule has 2 N–H and O–H groups in total. The second kappa shape index (κ2) is 7.46. The van der Waals surface area contributed by atoms with Gasteiger partial charge in [0.05, 0.1) is 10.7 Å². The highest BCUT2D eigenvalue weighted by Gasteiger charge is 2.12. The highest BCUT2D eigenvalue weighted by molar-refractivity contribution is 6.36. The van der Waals surface area contributed by atoms with Crippen molar-refractivity contribution in [2.24, 2.45) is 0 Å². The Kier molecular flexibility index (Phi) is 5.62. The number of carbonyl (C=O) groups is 1. The van der Waals surface area contributed by atoms with Gasteiger partial charge in [-0.1, -0.05) is 41.4 Å². The molecule has 0 fully saturated rings. The van der Waals surface area contributed by atoms with Gasteiger partial charge < -0.3 is 10.6 Å². The van der Waals surface area contributed by atoms with Crippen molar-refractivity contribution < 1.29 is 4.79 Å². The molecule has 0 bridgehead atoms. The highest BCUT2D eigenvalue weighted by Crippen LogP contribution is 2.26. The van der Waals surface area contributed by atoms with Crippen molar-refractivity contribution in [1.82, 2.24) is 5.32 Å². The number of hydrogen-bond acceptors (Lipinski definition) is 2. The largest absolute Gasteiger partial charge is 0.321 e. The fourth-order valence-electron chi connectivity index (χ4n) is 2.00. The molecule has 3 nitrogen and oxygen atoms in total. The Morgan fingerprint density at radius 2 is 1.90 bits per heavy atom. The number of carbonyl (C=O) groups excluding carboxylic acids is 1. The van der Waals surface area contributed by atoms with Crippen LogP contribution in [0.4, 0.5) is 5.69 Å². The molecule has 0 aliphatic rings. The Labute approximate surface area is 134 Å². The average molecular weight is 323 g/mol. The lowest BCUT2D eigenvalue weighted by Gasteiger charge is -2.11. The number of halogens is 2. The number of hydrogen-bond donors (Lipinski definition) is 2. The number of likely N-dealkylation sites (N-methyl/N-ethyl adjacent to an activating group) is 1. The monoisotopic (exact) mass is 322 g/mol. The van der Waals surface area contributed by atoms with E-state index in [0.717, 1.165) is 18.5 Å². The summed E-state index contributed by atoms with van der Waals surface area (Å²) in [6.45, 7) is 0.812. The van der Waals surface area contributed by atoms with Crippen LogP contribution in [-0.2, 0) is 6.42 Å². The summed E-state index contributed by atoms with van der Waals surface area (Å²) in [6.07, 6.45) is 0.786. The Balaban J connectivity index is 2.20. The first-order valence-electron chi connectivity index (χ1n) is 6.60. The van der Waals surface area contributed by atoms with Gasteiger partial charge in [-0.15, -0.1) is 0 Å². The van der Waals surface area contributed by atoms with Crippen molar-refractivity contribution in [2.75, 3.05) is 18.9 Å². The van der Waals surface area contributed by atoms with Crippen LogP contribution in [0.2, 0.25) is 10.0 Å². The minimum absolute atomic E-state index is 0.175. The van der Waals surface area contributed by atoms with Crippen LogP contribution in [0.1, 0.15) is 15.9 Å². The summed E-state index contributed by atoms with van der Waals surface area (Å²) in [5.74, 6) is -0.175. The minimum Gasteiger partial charge on any atom is -0.321 e. The van der Waals surface area contributed by atoms with Crippen LogP contribution in [-0.4, -0.2) is 19.5 Å². The van der Waals surface area contributed by atoms with Crippen molar-refractivity contribution in [3.05, 3.63) is 63.6 Å². The molecule has 0 saturated carbocycles. The van der Waals surface area contributed by atoms with Crippen molar-refractivity contribution in [1.29, 1.82) is 0 Å². The standard InChI is InChI=1S/C16H16Cl2N2O/c1-19-9-8-11-4-2-3-5-13(11)16(21)20-15-7-6-12(17)10-14(15)18/h2-7,10,19H,8-9H2,1H3,(H,20,21). The lowest BCUT2D eigenvalue weighted by atomic mass is 10.0. The summed E-state index contributed by atoms with van der Waals surface area (Å²) in [6, 6.07) is 12.5. The lowest BCUT2D eigenvalue weighted by molar-refractivity contribution is 0.102. The molecule has 0 aromatic heterocycles. The van der Waals surface area contributed by atoms with Crippen molar-refractivity contribution in [2.45, 2.75) is 6.42 Å². The predicted molar refractivity (Wildman–Crippen MR) is 88.5 cm³/mol. The van der Waals surface area contributed by atoms with Crippen LogP contribution in [0.3, 0.4) is 0 Å². The zero-order valence-corrected chi connectivity index (χ0v) is 13.1. The molecule has 2 aromatic carbocycles. The van der Waals surface area contributed by atoms with E-state index in [1.54, 1.807) is 18.2 Å². The van der Waals surface area contributed by atoms with Gasteiger partial charge in [-0.05, 0) is 49.8 Å². The number of amides is 1. The molecule has 0 radical (unpaired) electrons. The predicted octanol–water partition coefficient (Wildman–Crippen LogP) is 4.01. The van der Waals surface area contributed by atoms with Crippen LogP contribution in [0.15, 0.2) is 42.5 Å². The number of anilines is 1. The van der Waals surface area contributed by atoms with E-state index >= 15 is 0 Å². The van der Waals surface area contributed by atoms with E-state index in [-0.39, 0.29) is 5.91 Å². The van der Waals surface area contributed by atoms with Crippen LogP contribution in [0.25, 0.3) is 0 Å². The third-order valence-corrected chi connectivity index (χ3v) is 3.63. The topological polar surface area (TPSA) is 41.1 Å². The molecule has 0 aliphatic carbocycles. The molecule has 0 saturated heterocycles. The zero-order valence-electron chi connectivity index (χ0n) is 11.6. The summed E-state index contributed by atoms with van der Waals surface area (Å²) in [5, 5.41) is 6.86. The molecule has 0 heterocycles. The van der Waals surface area contributed by atoms with E-state index in [0.29, 0.717) is 21.3 Å². The van der Waals surface area contributed by atoms with Gasteiger partial charge in [-0.3, -0.25) is 4.79 Å². The molecular formula is C16H16Cl2N2O. The summed E-state index contributed by atoms with van der Waals surface area (Å²) >= 11 is 11.9. The zero-order chi connectivity index (χ0) is 15.2. The Morgan fingerprint density at radius 1 is 1.14 bits per heavy atom. The average Bonchev–Trinajstić information content (AvgIpc) is 2.48. The molecule has 21 heavy (non-hydrogen) atoms. The van der Waals surface area contributed by atoms with Crippen LogP contribution in [0.5, 0.6) is 0 Å². The summed E-state index contributed by atoms with van der Waals surface area (Å²) in [4.78, 5) is 12.4. The van der Waals surface area contributed by atoms with Gasteiger partial charge in [-0.2, -0.15) is 0 Å². The molecule has 2 aromatic rings. The van der Waals surface area contributed by atoms with Gasteiger partial charge in [0.25, 0.3) is 5.91 Å². The molecule has 0 atom stereocenters. The summed E-state index contributed by atoms with van der Waals surface area (Å²) < 4.78 is 0. The van der Waals surface area contributed by atoms with Gasteiger partial charge >= 0.3 is 0 Å². The van der Waals surface area contributed by atoms with E-state index < -0.39 is 0 Å². The van der Waals surface area contributed by atoms with Gasteiger partial charge in [0, 0.05) is 10.6 Å². The van der Waals surface area contributed by atoms with Gasteiger partial charge in [-0.25, -0.2) is 0 Å². The van der Waals surface area contributed by atoms with Gasteiger partial charge in [0.2, 0.25) is 0 Å². The van der Waals surface area contributed by atoms with E-state index in [4.69, 9.17) is 23.2 Å². The SMILES string of the molecule is CNCCc1ccccc1C(=O)Nc1ccc(Cl)cc1Cl. The van der Waals surface area contributed by atoms with E-state index in [1.165, 1.54) is 0 Å². The van der Waals surface area contributed by atoms with Crippen molar-refractivity contribution >= 4 is 34.8 Å². The smallest absolute Gasteiger partial charge is 0.255 e. The maximum absolute atomic E-state index is 12.4. The number of nitrogens with one attached hydrogen (secondary N) is 2. The Bertz CT molecular complexity index is 644. The van der Waals surface area contributed by atoms with E-state index in [9.17, 15) is 4.79 Å². The first-order chi connectivity index (χ1) is 10.1. The minimum atomic E-state index is -0.175. The maximum atomic E-state index is 12.4. The third-order valence-electron chi connectivity index (χ3n) is 3.09. The second-order valence-electron chi connectivity index (χ2n) is 4.59. The first kappa shape index (κ1) is 15.8. The molecule has 5 heteroatoms. The third kappa shape index (κ3) is 4.21.